The van der Waals surface area contributed by atoms with E-state index in [1.807, 2.05) is 35.1 Å². The van der Waals surface area contributed by atoms with Crippen LogP contribution in [0, 0.1) is 0 Å². The van der Waals surface area contributed by atoms with Gasteiger partial charge in [0.15, 0.2) is 0 Å². The lowest BCUT2D eigenvalue weighted by atomic mass is 9.98. The number of nitrogens with one attached hydrogen (secondary N) is 1. The Balaban J connectivity index is 1.65. The highest BCUT2D eigenvalue weighted by Crippen LogP contribution is 2.17. The van der Waals surface area contributed by atoms with E-state index in [1.54, 1.807) is 6.20 Å². The van der Waals surface area contributed by atoms with Crippen molar-refractivity contribution in [3.63, 3.8) is 0 Å². The van der Waals surface area contributed by atoms with E-state index in [0.717, 1.165) is 13.0 Å². The SMILES string of the molecule is CC(CC(=O)NCCCn1cccn1)c1ccccc1. The number of rotatable bonds is 7. The number of hydrogen-bond donors (Lipinski definition) is 1. The van der Waals surface area contributed by atoms with Gasteiger partial charge in [-0.2, -0.15) is 5.10 Å². The van der Waals surface area contributed by atoms with Crippen LogP contribution < -0.4 is 5.32 Å². The van der Waals surface area contributed by atoms with Crippen molar-refractivity contribution in [3.05, 3.63) is 54.4 Å². The summed E-state index contributed by atoms with van der Waals surface area (Å²) in [5.74, 6) is 0.365. The fourth-order valence-corrected chi connectivity index (χ4v) is 2.15. The molecule has 1 aromatic carbocycles. The summed E-state index contributed by atoms with van der Waals surface area (Å²) in [7, 11) is 0. The molecule has 4 heteroatoms. The van der Waals surface area contributed by atoms with E-state index in [0.29, 0.717) is 13.0 Å². The van der Waals surface area contributed by atoms with Crippen LogP contribution in [0.25, 0.3) is 0 Å². The van der Waals surface area contributed by atoms with Crippen molar-refractivity contribution < 1.29 is 4.79 Å². The lowest BCUT2D eigenvalue weighted by molar-refractivity contribution is -0.121. The maximum Gasteiger partial charge on any atom is 0.220 e. The molecule has 0 saturated carbocycles. The van der Waals surface area contributed by atoms with E-state index in [2.05, 4.69) is 29.5 Å². The molecule has 4 nitrogen and oxygen atoms in total. The number of nitrogens with zero attached hydrogens (tertiary/aromatic N) is 2. The Morgan fingerprint density at radius 1 is 1.30 bits per heavy atom. The van der Waals surface area contributed by atoms with Crippen LogP contribution in [0.3, 0.4) is 0 Å². The molecule has 0 saturated heterocycles. The van der Waals surface area contributed by atoms with Crippen LogP contribution in [0.1, 0.15) is 31.2 Å². The Morgan fingerprint density at radius 2 is 2.10 bits per heavy atom. The summed E-state index contributed by atoms with van der Waals surface area (Å²) in [6.45, 7) is 3.61. The molecule has 20 heavy (non-hydrogen) atoms. The zero-order valence-electron chi connectivity index (χ0n) is 11.8. The maximum atomic E-state index is 11.9. The van der Waals surface area contributed by atoms with E-state index >= 15 is 0 Å². The number of benzene rings is 1. The minimum atomic E-state index is 0.113. The zero-order chi connectivity index (χ0) is 14.2. The Morgan fingerprint density at radius 3 is 2.80 bits per heavy atom. The van der Waals surface area contributed by atoms with Crippen molar-refractivity contribution in [1.29, 1.82) is 0 Å². The van der Waals surface area contributed by atoms with Gasteiger partial charge in [0.2, 0.25) is 5.91 Å². The Bertz CT molecular complexity index is 508. The highest BCUT2D eigenvalue weighted by molar-refractivity contribution is 5.76. The number of carbonyl (C=O) groups is 1. The van der Waals surface area contributed by atoms with Gasteiger partial charge in [-0.15, -0.1) is 0 Å². The molecular weight excluding hydrogens is 250 g/mol. The zero-order valence-corrected chi connectivity index (χ0v) is 11.8. The molecule has 0 aliphatic heterocycles. The van der Waals surface area contributed by atoms with Crippen LogP contribution in [0.2, 0.25) is 0 Å². The largest absolute Gasteiger partial charge is 0.356 e. The third-order valence-corrected chi connectivity index (χ3v) is 3.31. The highest BCUT2D eigenvalue weighted by Gasteiger charge is 2.10. The first-order valence-electron chi connectivity index (χ1n) is 7.05. The van der Waals surface area contributed by atoms with Crippen LogP contribution >= 0.6 is 0 Å². The molecule has 1 N–H and O–H groups in total. The summed E-state index contributed by atoms with van der Waals surface area (Å²) in [6, 6.07) is 12.0. The first kappa shape index (κ1) is 14.3. The monoisotopic (exact) mass is 271 g/mol. The molecular formula is C16H21N3O. The van der Waals surface area contributed by atoms with Crippen molar-refractivity contribution in [2.75, 3.05) is 6.54 Å². The third kappa shape index (κ3) is 4.53. The summed E-state index contributed by atoms with van der Waals surface area (Å²) < 4.78 is 1.87. The van der Waals surface area contributed by atoms with E-state index < -0.39 is 0 Å². The molecule has 1 amide bonds. The van der Waals surface area contributed by atoms with E-state index in [-0.39, 0.29) is 11.8 Å². The molecule has 0 spiro atoms. The van der Waals surface area contributed by atoms with Crippen LogP contribution in [0.15, 0.2) is 48.8 Å². The van der Waals surface area contributed by atoms with Crippen LogP contribution in [0.4, 0.5) is 0 Å². The first-order chi connectivity index (χ1) is 9.75. The number of amides is 1. The molecule has 0 fully saturated rings. The quantitative estimate of drug-likeness (QED) is 0.787. The maximum absolute atomic E-state index is 11.9. The summed E-state index contributed by atoms with van der Waals surface area (Å²) in [5, 5.41) is 7.09. The first-order valence-corrected chi connectivity index (χ1v) is 7.05. The predicted octanol–water partition coefficient (Wildman–Crippen LogP) is 2.58. The van der Waals surface area contributed by atoms with Crippen molar-refractivity contribution in [2.24, 2.45) is 0 Å². The third-order valence-electron chi connectivity index (χ3n) is 3.31. The van der Waals surface area contributed by atoms with Gasteiger partial charge in [0.25, 0.3) is 0 Å². The van der Waals surface area contributed by atoms with Crippen LogP contribution in [0.5, 0.6) is 0 Å². The van der Waals surface area contributed by atoms with Crippen molar-refractivity contribution >= 4 is 5.91 Å². The predicted molar refractivity (Wildman–Crippen MR) is 79.3 cm³/mol. The number of hydrogen-bond acceptors (Lipinski definition) is 2. The van der Waals surface area contributed by atoms with E-state index in [9.17, 15) is 4.79 Å². The fourth-order valence-electron chi connectivity index (χ4n) is 2.15. The lowest BCUT2D eigenvalue weighted by Crippen LogP contribution is -2.26. The van der Waals surface area contributed by atoms with Gasteiger partial charge in [0.1, 0.15) is 0 Å². The second kappa shape index (κ2) is 7.48. The summed E-state index contributed by atoms with van der Waals surface area (Å²) in [4.78, 5) is 11.9. The Hall–Kier alpha value is -2.10. The molecule has 1 unspecified atom stereocenters. The van der Waals surface area contributed by atoms with Gasteiger partial charge in [0, 0.05) is 31.9 Å². The van der Waals surface area contributed by atoms with Crippen LogP contribution in [-0.4, -0.2) is 22.2 Å². The summed E-state index contributed by atoms with van der Waals surface area (Å²) in [6.07, 6.45) is 5.12. The smallest absolute Gasteiger partial charge is 0.220 e. The molecule has 0 aliphatic carbocycles. The van der Waals surface area contributed by atoms with Crippen LogP contribution in [-0.2, 0) is 11.3 Å². The van der Waals surface area contributed by atoms with E-state index in [1.165, 1.54) is 5.56 Å². The Labute approximate surface area is 119 Å². The van der Waals surface area contributed by atoms with Crippen molar-refractivity contribution in [1.82, 2.24) is 15.1 Å². The molecule has 1 heterocycles. The topological polar surface area (TPSA) is 46.9 Å². The minimum absolute atomic E-state index is 0.113. The molecule has 0 radical (unpaired) electrons. The molecule has 1 aromatic heterocycles. The molecule has 106 valence electrons. The van der Waals surface area contributed by atoms with Gasteiger partial charge >= 0.3 is 0 Å². The second-order valence-corrected chi connectivity index (χ2v) is 4.99. The lowest BCUT2D eigenvalue weighted by Gasteiger charge is -2.12. The van der Waals surface area contributed by atoms with E-state index in [4.69, 9.17) is 0 Å². The van der Waals surface area contributed by atoms with Gasteiger partial charge in [0.05, 0.1) is 0 Å². The van der Waals surface area contributed by atoms with Gasteiger partial charge in [-0.05, 0) is 24.0 Å². The minimum Gasteiger partial charge on any atom is -0.356 e. The number of aromatic nitrogens is 2. The average Bonchev–Trinajstić information content (AvgIpc) is 2.98. The van der Waals surface area contributed by atoms with Gasteiger partial charge in [-0.25, -0.2) is 0 Å². The van der Waals surface area contributed by atoms with Gasteiger partial charge < -0.3 is 5.32 Å². The average molecular weight is 271 g/mol. The molecule has 2 rings (SSSR count). The molecule has 0 aliphatic rings. The van der Waals surface area contributed by atoms with Crippen molar-refractivity contribution in [2.45, 2.75) is 32.2 Å². The second-order valence-electron chi connectivity index (χ2n) is 4.99. The normalized spacial score (nSPS) is 12.1. The molecule has 0 bridgehead atoms. The number of aryl methyl sites for hydroxylation is 1. The van der Waals surface area contributed by atoms with Gasteiger partial charge in [-0.3, -0.25) is 9.48 Å². The summed E-state index contributed by atoms with van der Waals surface area (Å²) in [5.41, 5.74) is 1.21. The summed E-state index contributed by atoms with van der Waals surface area (Å²) >= 11 is 0. The molecule has 1 atom stereocenters. The molecule has 2 aromatic rings. The van der Waals surface area contributed by atoms with Crippen molar-refractivity contribution in [3.8, 4) is 0 Å². The standard InChI is InChI=1S/C16H21N3O/c1-14(15-7-3-2-4-8-15)13-16(20)17-9-5-11-19-12-6-10-18-19/h2-4,6-8,10,12,14H,5,9,11,13H2,1H3,(H,17,20). The number of carbonyl (C=O) groups excluding carboxylic acids is 1. The van der Waals surface area contributed by atoms with Gasteiger partial charge in [-0.1, -0.05) is 37.3 Å². The Kier molecular flexibility index (Phi) is 5.35. The fraction of sp³-hybridized carbons (Fsp3) is 0.375. The highest BCUT2D eigenvalue weighted by atomic mass is 16.1.